The lowest BCUT2D eigenvalue weighted by Crippen LogP contribution is -1.97. The van der Waals surface area contributed by atoms with E-state index in [0.29, 0.717) is 0 Å². The van der Waals surface area contributed by atoms with Crippen LogP contribution >= 0.6 is 0 Å². The number of aliphatic hydroxyl groups excluding tert-OH is 2. The van der Waals surface area contributed by atoms with Crippen LogP contribution in [0.2, 0.25) is 0 Å². The first-order valence-corrected chi connectivity index (χ1v) is 5.12. The van der Waals surface area contributed by atoms with Gasteiger partial charge >= 0.3 is 0 Å². The SMILES string of the molecule is C=C(C)CCOCCC(=C)C.OCCO. The van der Waals surface area contributed by atoms with Gasteiger partial charge < -0.3 is 14.9 Å². The lowest BCUT2D eigenvalue weighted by atomic mass is 10.2. The summed E-state index contributed by atoms with van der Waals surface area (Å²) >= 11 is 0. The van der Waals surface area contributed by atoms with Crippen molar-refractivity contribution >= 4 is 0 Å². The normalized spacial score (nSPS) is 9.07. The molecule has 90 valence electrons. The van der Waals surface area contributed by atoms with E-state index in [2.05, 4.69) is 13.2 Å². The average molecular weight is 216 g/mol. The molecule has 0 atom stereocenters. The highest BCUT2D eigenvalue weighted by molar-refractivity contribution is 4.88. The van der Waals surface area contributed by atoms with Crippen molar-refractivity contribution < 1.29 is 14.9 Å². The largest absolute Gasteiger partial charge is 0.394 e. The van der Waals surface area contributed by atoms with Crippen molar-refractivity contribution in [2.45, 2.75) is 26.7 Å². The highest BCUT2D eigenvalue weighted by Crippen LogP contribution is 1.98. The van der Waals surface area contributed by atoms with Crippen molar-refractivity contribution in [1.82, 2.24) is 0 Å². The van der Waals surface area contributed by atoms with Gasteiger partial charge in [-0.1, -0.05) is 11.1 Å². The molecule has 0 saturated carbocycles. The third-order valence-electron chi connectivity index (χ3n) is 1.45. The second-order valence-electron chi connectivity index (χ2n) is 3.47. The van der Waals surface area contributed by atoms with E-state index >= 15 is 0 Å². The quantitative estimate of drug-likeness (QED) is 0.505. The Labute approximate surface area is 93.1 Å². The number of aliphatic hydroxyl groups is 2. The molecule has 2 N–H and O–H groups in total. The molecule has 0 aromatic heterocycles. The summed E-state index contributed by atoms with van der Waals surface area (Å²) in [7, 11) is 0. The highest BCUT2D eigenvalue weighted by Gasteiger charge is 1.89. The van der Waals surface area contributed by atoms with Crippen LogP contribution in [0.4, 0.5) is 0 Å². The van der Waals surface area contributed by atoms with Gasteiger partial charge in [0.15, 0.2) is 0 Å². The molecule has 0 spiro atoms. The van der Waals surface area contributed by atoms with Gasteiger partial charge in [0.25, 0.3) is 0 Å². The van der Waals surface area contributed by atoms with Crippen LogP contribution in [0, 0.1) is 0 Å². The van der Waals surface area contributed by atoms with Gasteiger partial charge in [0.05, 0.1) is 26.4 Å². The maximum Gasteiger partial charge on any atom is 0.0662 e. The first-order valence-electron chi connectivity index (χ1n) is 5.12. The van der Waals surface area contributed by atoms with Crippen LogP contribution in [-0.2, 0) is 4.74 Å². The van der Waals surface area contributed by atoms with Gasteiger partial charge in [-0.25, -0.2) is 0 Å². The van der Waals surface area contributed by atoms with E-state index in [1.54, 1.807) is 0 Å². The van der Waals surface area contributed by atoms with Crippen LogP contribution < -0.4 is 0 Å². The van der Waals surface area contributed by atoms with Crippen LogP contribution in [0.5, 0.6) is 0 Å². The zero-order valence-electron chi connectivity index (χ0n) is 9.96. The molecular weight excluding hydrogens is 192 g/mol. The molecule has 0 aliphatic carbocycles. The van der Waals surface area contributed by atoms with Crippen LogP contribution in [0.1, 0.15) is 26.7 Å². The summed E-state index contributed by atoms with van der Waals surface area (Å²) in [5, 5.41) is 15.2. The molecule has 0 amide bonds. The lowest BCUT2D eigenvalue weighted by Gasteiger charge is -2.02. The molecule has 0 radical (unpaired) electrons. The Bertz CT molecular complexity index is 146. The monoisotopic (exact) mass is 216 g/mol. The summed E-state index contributed by atoms with van der Waals surface area (Å²) < 4.78 is 5.33. The fraction of sp³-hybridized carbons (Fsp3) is 0.667. The van der Waals surface area contributed by atoms with Crippen molar-refractivity contribution in [2.24, 2.45) is 0 Å². The Kier molecular flexibility index (Phi) is 14.9. The van der Waals surface area contributed by atoms with E-state index in [1.807, 2.05) is 13.8 Å². The fourth-order valence-electron chi connectivity index (χ4n) is 0.595. The molecule has 0 unspecified atom stereocenters. The second kappa shape index (κ2) is 13.4. The molecule has 0 bridgehead atoms. The van der Waals surface area contributed by atoms with Gasteiger partial charge in [0, 0.05) is 0 Å². The molecule has 0 aliphatic heterocycles. The average Bonchev–Trinajstić information content (AvgIpc) is 2.17. The van der Waals surface area contributed by atoms with Crippen molar-refractivity contribution in [3.05, 3.63) is 24.3 Å². The maximum absolute atomic E-state index is 7.62. The molecular formula is C12H24O3. The fourth-order valence-corrected chi connectivity index (χ4v) is 0.595. The zero-order chi connectivity index (χ0) is 12.1. The zero-order valence-corrected chi connectivity index (χ0v) is 9.96. The van der Waals surface area contributed by atoms with Gasteiger partial charge in [-0.3, -0.25) is 0 Å². The van der Waals surface area contributed by atoms with E-state index < -0.39 is 0 Å². The Hall–Kier alpha value is -0.640. The van der Waals surface area contributed by atoms with Gasteiger partial charge in [-0.15, -0.1) is 13.2 Å². The number of hydrogen-bond acceptors (Lipinski definition) is 3. The summed E-state index contributed by atoms with van der Waals surface area (Å²) in [6, 6.07) is 0. The van der Waals surface area contributed by atoms with Gasteiger partial charge in [0.1, 0.15) is 0 Å². The summed E-state index contributed by atoms with van der Waals surface area (Å²) in [4.78, 5) is 0. The first kappa shape index (κ1) is 16.8. The predicted molar refractivity (Wildman–Crippen MR) is 63.9 cm³/mol. The van der Waals surface area contributed by atoms with E-state index in [9.17, 15) is 0 Å². The molecule has 0 rings (SSSR count). The van der Waals surface area contributed by atoms with Crippen molar-refractivity contribution in [3.8, 4) is 0 Å². The van der Waals surface area contributed by atoms with Gasteiger partial charge in [-0.05, 0) is 26.7 Å². The van der Waals surface area contributed by atoms with Crippen LogP contribution in [-0.4, -0.2) is 36.6 Å². The Morgan fingerprint density at radius 2 is 1.27 bits per heavy atom. The van der Waals surface area contributed by atoms with Crippen molar-refractivity contribution in [2.75, 3.05) is 26.4 Å². The maximum atomic E-state index is 7.62. The van der Waals surface area contributed by atoms with Crippen LogP contribution in [0.3, 0.4) is 0 Å². The molecule has 0 saturated heterocycles. The summed E-state index contributed by atoms with van der Waals surface area (Å²) in [6.07, 6.45) is 1.94. The molecule has 0 aliphatic rings. The molecule has 0 fully saturated rings. The topological polar surface area (TPSA) is 49.7 Å². The highest BCUT2D eigenvalue weighted by atomic mass is 16.5. The number of rotatable bonds is 7. The minimum atomic E-state index is -0.125. The molecule has 3 nitrogen and oxygen atoms in total. The van der Waals surface area contributed by atoms with Gasteiger partial charge in [-0.2, -0.15) is 0 Å². The first-order chi connectivity index (χ1) is 7.04. The van der Waals surface area contributed by atoms with Gasteiger partial charge in [0.2, 0.25) is 0 Å². The predicted octanol–water partition coefficient (Wildman–Crippen LogP) is 1.91. The summed E-state index contributed by atoms with van der Waals surface area (Å²) in [5.74, 6) is 0. The van der Waals surface area contributed by atoms with Crippen molar-refractivity contribution in [1.29, 1.82) is 0 Å². The van der Waals surface area contributed by atoms with Crippen LogP contribution in [0.25, 0.3) is 0 Å². The Morgan fingerprint density at radius 1 is 0.933 bits per heavy atom. The van der Waals surface area contributed by atoms with E-state index in [4.69, 9.17) is 14.9 Å². The smallest absolute Gasteiger partial charge is 0.0662 e. The molecule has 3 heteroatoms. The van der Waals surface area contributed by atoms with Crippen molar-refractivity contribution in [3.63, 3.8) is 0 Å². The lowest BCUT2D eigenvalue weighted by molar-refractivity contribution is 0.140. The molecule has 0 heterocycles. The Balaban J connectivity index is 0. The molecule has 15 heavy (non-hydrogen) atoms. The standard InChI is InChI=1S/C10H18O.C2H6O2/c1-9(2)5-7-11-8-6-10(3)4;3-1-2-4/h1,3,5-8H2,2,4H3;3-4H,1-2H2. The molecule has 0 aromatic carbocycles. The number of hydrogen-bond donors (Lipinski definition) is 2. The van der Waals surface area contributed by atoms with E-state index in [-0.39, 0.29) is 13.2 Å². The van der Waals surface area contributed by atoms with Crippen LogP contribution in [0.15, 0.2) is 24.3 Å². The second-order valence-corrected chi connectivity index (χ2v) is 3.47. The third-order valence-corrected chi connectivity index (χ3v) is 1.45. The van der Waals surface area contributed by atoms with E-state index in [0.717, 1.165) is 26.1 Å². The number of ether oxygens (including phenoxy) is 1. The minimum Gasteiger partial charge on any atom is -0.394 e. The minimum absolute atomic E-state index is 0.125. The third kappa shape index (κ3) is 24.7. The molecule has 0 aromatic rings. The Morgan fingerprint density at radius 3 is 1.47 bits per heavy atom. The summed E-state index contributed by atoms with van der Waals surface area (Å²) in [5.41, 5.74) is 2.36. The summed E-state index contributed by atoms with van der Waals surface area (Å²) in [6.45, 7) is 13.0. The van der Waals surface area contributed by atoms with E-state index in [1.165, 1.54) is 11.1 Å².